The van der Waals surface area contributed by atoms with Gasteiger partial charge in [-0.1, -0.05) is 6.08 Å². The van der Waals surface area contributed by atoms with E-state index in [-0.39, 0.29) is 5.69 Å². The van der Waals surface area contributed by atoms with Crippen molar-refractivity contribution < 1.29 is 9.66 Å². The van der Waals surface area contributed by atoms with Gasteiger partial charge in [0.1, 0.15) is 0 Å². The quantitative estimate of drug-likeness (QED) is 0.349. The van der Waals surface area contributed by atoms with Crippen LogP contribution in [-0.2, 0) is 4.74 Å². The molecule has 0 saturated carbocycles. The Labute approximate surface area is 98.7 Å². The van der Waals surface area contributed by atoms with Gasteiger partial charge in [0, 0.05) is 12.1 Å². The van der Waals surface area contributed by atoms with Crippen molar-refractivity contribution in [2.24, 2.45) is 0 Å². The average molecular weight is 237 g/mol. The van der Waals surface area contributed by atoms with Crippen LogP contribution in [0.4, 0.5) is 5.69 Å². The van der Waals surface area contributed by atoms with Crippen LogP contribution in [0.3, 0.4) is 0 Å². The minimum atomic E-state index is -0.432. The van der Waals surface area contributed by atoms with Gasteiger partial charge in [-0.05, 0) is 42.9 Å². The third kappa shape index (κ3) is 3.78. The van der Waals surface area contributed by atoms with E-state index in [9.17, 15) is 10.1 Å². The second-order valence-corrected chi connectivity index (χ2v) is 3.34. The summed E-state index contributed by atoms with van der Waals surface area (Å²) < 4.78 is 5.06. The topological polar surface area (TPSA) is 52.4 Å². The first-order valence-corrected chi connectivity index (χ1v) is 5.13. The number of hydrogen-bond donors (Lipinski definition) is 0. The summed E-state index contributed by atoms with van der Waals surface area (Å²) in [6.07, 6.45) is 3.40. The minimum absolute atomic E-state index is 0.0736. The first-order chi connectivity index (χ1) is 7.63. The summed E-state index contributed by atoms with van der Waals surface area (Å²) in [5.74, 6) is 0. The molecule has 1 aromatic carbocycles. The Morgan fingerprint density at radius 1 is 1.50 bits per heavy atom. The lowest BCUT2D eigenvalue weighted by Crippen LogP contribution is -1.95. The zero-order chi connectivity index (χ0) is 12.0. The summed E-state index contributed by atoms with van der Waals surface area (Å²) in [5, 5.41) is 10.8. The van der Waals surface area contributed by atoms with Gasteiger partial charge in [-0.25, -0.2) is 0 Å². The van der Waals surface area contributed by atoms with E-state index in [1.54, 1.807) is 24.3 Å². The first-order valence-electron chi connectivity index (χ1n) is 4.72. The highest BCUT2D eigenvalue weighted by Crippen LogP contribution is 2.12. The number of nitrogens with zero attached hydrogens (tertiary/aromatic N) is 1. The number of non-ortho nitro benzene ring substituents is 1. The van der Waals surface area contributed by atoms with Crippen molar-refractivity contribution in [1.29, 1.82) is 0 Å². The van der Waals surface area contributed by atoms with Crippen LogP contribution in [0.15, 0.2) is 30.3 Å². The Morgan fingerprint density at radius 2 is 2.12 bits per heavy atom. The SMILES string of the molecule is CCOC(=S)C=Cc1ccc([N+](=O)[O-])cc1. The largest absolute Gasteiger partial charge is 0.484 e. The molecule has 0 aliphatic carbocycles. The maximum Gasteiger partial charge on any atom is 0.269 e. The predicted octanol–water partition coefficient (Wildman–Crippen LogP) is 2.97. The van der Waals surface area contributed by atoms with Gasteiger partial charge in [0.05, 0.1) is 11.5 Å². The van der Waals surface area contributed by atoms with Crippen LogP contribution in [-0.4, -0.2) is 16.6 Å². The van der Waals surface area contributed by atoms with E-state index >= 15 is 0 Å². The highest BCUT2D eigenvalue weighted by molar-refractivity contribution is 7.80. The molecule has 0 radical (unpaired) electrons. The Bertz CT molecular complexity index is 412. The zero-order valence-corrected chi connectivity index (χ0v) is 9.57. The van der Waals surface area contributed by atoms with Gasteiger partial charge in [0.15, 0.2) is 5.05 Å². The van der Waals surface area contributed by atoms with E-state index in [1.807, 2.05) is 6.92 Å². The van der Waals surface area contributed by atoms with Crippen molar-refractivity contribution in [3.63, 3.8) is 0 Å². The predicted molar refractivity (Wildman–Crippen MR) is 66.4 cm³/mol. The smallest absolute Gasteiger partial charge is 0.269 e. The lowest BCUT2D eigenvalue weighted by atomic mass is 10.2. The molecule has 1 rings (SSSR count). The van der Waals surface area contributed by atoms with Crippen molar-refractivity contribution in [1.82, 2.24) is 0 Å². The number of nitro benzene ring substituents is 1. The Morgan fingerprint density at radius 3 is 2.62 bits per heavy atom. The van der Waals surface area contributed by atoms with Gasteiger partial charge in [-0.15, -0.1) is 0 Å². The average Bonchev–Trinajstić information content (AvgIpc) is 2.27. The van der Waals surface area contributed by atoms with Crippen LogP contribution >= 0.6 is 12.2 Å². The molecule has 1 aromatic rings. The molecule has 4 nitrogen and oxygen atoms in total. The third-order valence-electron chi connectivity index (χ3n) is 1.80. The van der Waals surface area contributed by atoms with Crippen LogP contribution in [0.2, 0.25) is 0 Å². The van der Waals surface area contributed by atoms with Crippen LogP contribution < -0.4 is 0 Å². The molecular weight excluding hydrogens is 226 g/mol. The molecule has 0 spiro atoms. The highest BCUT2D eigenvalue weighted by atomic mass is 32.1. The second-order valence-electron chi connectivity index (χ2n) is 2.93. The van der Waals surface area contributed by atoms with Crippen LogP contribution in [0, 0.1) is 10.1 Å². The summed E-state index contributed by atoms with van der Waals surface area (Å²) in [5.41, 5.74) is 0.914. The lowest BCUT2D eigenvalue weighted by molar-refractivity contribution is -0.384. The molecule has 16 heavy (non-hydrogen) atoms. The van der Waals surface area contributed by atoms with Crippen molar-refractivity contribution in [3.05, 3.63) is 46.0 Å². The van der Waals surface area contributed by atoms with Crippen molar-refractivity contribution in [2.45, 2.75) is 6.92 Å². The fraction of sp³-hybridized carbons (Fsp3) is 0.182. The molecule has 0 fully saturated rings. The number of hydrogen-bond acceptors (Lipinski definition) is 4. The minimum Gasteiger partial charge on any atom is -0.484 e. The van der Waals surface area contributed by atoms with E-state index in [2.05, 4.69) is 0 Å². The second kappa shape index (κ2) is 5.97. The van der Waals surface area contributed by atoms with E-state index < -0.39 is 4.92 Å². The van der Waals surface area contributed by atoms with E-state index in [1.165, 1.54) is 12.1 Å². The molecule has 0 amide bonds. The van der Waals surface area contributed by atoms with Gasteiger partial charge in [0.25, 0.3) is 5.69 Å². The molecule has 0 N–H and O–H groups in total. The third-order valence-corrected chi connectivity index (χ3v) is 2.06. The molecule has 0 atom stereocenters. The fourth-order valence-corrected chi connectivity index (χ4v) is 1.25. The van der Waals surface area contributed by atoms with Gasteiger partial charge in [-0.3, -0.25) is 10.1 Å². The number of rotatable bonds is 4. The van der Waals surface area contributed by atoms with Crippen molar-refractivity contribution in [2.75, 3.05) is 6.61 Å². The summed E-state index contributed by atoms with van der Waals surface area (Å²) in [6, 6.07) is 6.21. The van der Waals surface area contributed by atoms with Gasteiger partial charge >= 0.3 is 0 Å². The number of benzene rings is 1. The molecule has 84 valence electrons. The molecule has 5 heteroatoms. The Hall–Kier alpha value is -1.75. The summed E-state index contributed by atoms with van der Waals surface area (Å²) in [7, 11) is 0. The molecule has 0 saturated heterocycles. The Balaban J connectivity index is 2.68. The van der Waals surface area contributed by atoms with Crippen molar-refractivity contribution in [3.8, 4) is 0 Å². The molecule has 0 unspecified atom stereocenters. The van der Waals surface area contributed by atoms with Crippen molar-refractivity contribution >= 4 is 29.0 Å². The molecule has 0 aliphatic heterocycles. The number of nitro groups is 1. The maximum atomic E-state index is 10.4. The Kier molecular flexibility index (Phi) is 4.60. The van der Waals surface area contributed by atoms with E-state index in [0.29, 0.717) is 11.7 Å². The van der Waals surface area contributed by atoms with Crippen LogP contribution in [0.25, 0.3) is 6.08 Å². The van der Waals surface area contributed by atoms with Crippen LogP contribution in [0.5, 0.6) is 0 Å². The van der Waals surface area contributed by atoms with E-state index in [4.69, 9.17) is 17.0 Å². The molecule has 0 aromatic heterocycles. The summed E-state index contributed by atoms with van der Waals surface area (Å²) in [4.78, 5) is 9.98. The molecule has 0 bridgehead atoms. The fourth-order valence-electron chi connectivity index (χ4n) is 1.06. The summed E-state index contributed by atoms with van der Waals surface area (Å²) >= 11 is 4.90. The normalized spacial score (nSPS) is 10.3. The first kappa shape index (κ1) is 12.3. The standard InChI is InChI=1S/C11H11NO3S/c1-2-15-11(16)8-5-9-3-6-10(7-4-9)12(13)14/h3-8H,2H2,1H3. The zero-order valence-electron chi connectivity index (χ0n) is 8.75. The molecule has 0 aliphatic rings. The highest BCUT2D eigenvalue weighted by Gasteiger charge is 2.02. The molecule has 0 heterocycles. The monoisotopic (exact) mass is 237 g/mol. The lowest BCUT2D eigenvalue weighted by Gasteiger charge is -1.98. The van der Waals surface area contributed by atoms with Crippen LogP contribution in [0.1, 0.15) is 12.5 Å². The number of ether oxygens (including phenoxy) is 1. The maximum absolute atomic E-state index is 10.4. The van der Waals surface area contributed by atoms with Gasteiger partial charge in [0.2, 0.25) is 0 Å². The number of thiocarbonyl (C=S) groups is 1. The van der Waals surface area contributed by atoms with E-state index in [0.717, 1.165) is 5.56 Å². The van der Waals surface area contributed by atoms with Gasteiger partial charge < -0.3 is 4.74 Å². The molecular formula is C11H11NO3S. The van der Waals surface area contributed by atoms with Gasteiger partial charge in [-0.2, -0.15) is 0 Å². The summed E-state index contributed by atoms with van der Waals surface area (Å²) in [6.45, 7) is 2.38.